The number of aromatic nitrogens is 3. The number of fused-ring (bicyclic) bond motifs is 1. The lowest BCUT2D eigenvalue weighted by atomic mass is 10.0. The fourth-order valence-corrected chi connectivity index (χ4v) is 4.12. The number of aryl methyl sites for hydroxylation is 2. The van der Waals surface area contributed by atoms with Crippen LogP contribution in [0.5, 0.6) is 0 Å². The largest absolute Gasteiger partial charge is 0.466 e. The molecule has 0 aliphatic heterocycles. The minimum absolute atomic E-state index is 0.0134. The number of nitrogens with zero attached hydrogens (tertiary/aromatic N) is 4. The van der Waals surface area contributed by atoms with Crippen LogP contribution in [0.1, 0.15) is 68.5 Å². The molecule has 7 heteroatoms. The first-order chi connectivity index (χ1) is 14.8. The first kappa shape index (κ1) is 23.0. The molecule has 0 fully saturated rings. The number of carbonyl (C=O) groups is 1. The lowest BCUT2D eigenvalue weighted by molar-refractivity contribution is 0.0591. The van der Waals surface area contributed by atoms with Crippen molar-refractivity contribution in [2.45, 2.75) is 66.5 Å². The standard InChI is InChI=1S/C24H34N4O3/c1-8-18(9-2)27(10-11-30-7)24(29)20-13-22(19-12-16(5)31-17(19)6)26-23-21(20)14-25-28(23)15(3)4/h12-15,18H,8-11H2,1-7H3. The molecule has 0 bridgehead atoms. The number of amides is 1. The van der Waals surface area contributed by atoms with Gasteiger partial charge in [-0.15, -0.1) is 0 Å². The second-order valence-electron chi connectivity index (χ2n) is 8.26. The Kier molecular flexibility index (Phi) is 7.15. The van der Waals surface area contributed by atoms with Crippen molar-refractivity contribution < 1.29 is 13.9 Å². The molecule has 0 saturated carbocycles. The van der Waals surface area contributed by atoms with Crippen LogP contribution in [0.25, 0.3) is 22.3 Å². The van der Waals surface area contributed by atoms with E-state index >= 15 is 0 Å². The van der Waals surface area contributed by atoms with Gasteiger partial charge in [0.2, 0.25) is 0 Å². The molecule has 0 aromatic carbocycles. The zero-order valence-corrected chi connectivity index (χ0v) is 19.7. The van der Waals surface area contributed by atoms with E-state index in [-0.39, 0.29) is 18.0 Å². The van der Waals surface area contributed by atoms with Gasteiger partial charge in [-0.2, -0.15) is 5.10 Å². The first-order valence-corrected chi connectivity index (χ1v) is 11.1. The number of pyridine rings is 1. The van der Waals surface area contributed by atoms with E-state index < -0.39 is 0 Å². The van der Waals surface area contributed by atoms with Crippen molar-refractivity contribution in [2.75, 3.05) is 20.3 Å². The maximum Gasteiger partial charge on any atom is 0.255 e. The summed E-state index contributed by atoms with van der Waals surface area (Å²) in [5.74, 6) is 1.59. The summed E-state index contributed by atoms with van der Waals surface area (Å²) >= 11 is 0. The summed E-state index contributed by atoms with van der Waals surface area (Å²) in [7, 11) is 1.66. The predicted octanol–water partition coefficient (Wildman–Crippen LogP) is 5.17. The maximum absolute atomic E-state index is 13.9. The summed E-state index contributed by atoms with van der Waals surface area (Å²) in [5.41, 5.74) is 2.96. The van der Waals surface area contributed by atoms with Gasteiger partial charge in [0.1, 0.15) is 11.5 Å². The maximum atomic E-state index is 13.9. The number of hydrogen-bond donors (Lipinski definition) is 0. The second-order valence-corrected chi connectivity index (χ2v) is 8.26. The Balaban J connectivity index is 2.21. The van der Waals surface area contributed by atoms with Crippen LogP contribution in [0, 0.1) is 13.8 Å². The van der Waals surface area contributed by atoms with Crippen molar-refractivity contribution in [1.29, 1.82) is 0 Å². The molecule has 0 aliphatic carbocycles. The minimum atomic E-state index is -0.0134. The molecular formula is C24H34N4O3. The van der Waals surface area contributed by atoms with Crippen LogP contribution in [-0.4, -0.2) is 51.9 Å². The van der Waals surface area contributed by atoms with Gasteiger partial charge in [-0.3, -0.25) is 4.79 Å². The Morgan fingerprint density at radius 2 is 1.94 bits per heavy atom. The van der Waals surface area contributed by atoms with Gasteiger partial charge in [-0.25, -0.2) is 9.67 Å². The lowest BCUT2D eigenvalue weighted by Gasteiger charge is -2.30. The van der Waals surface area contributed by atoms with Gasteiger partial charge in [-0.05, 0) is 52.7 Å². The average Bonchev–Trinajstić information content (AvgIpc) is 3.32. The highest BCUT2D eigenvalue weighted by atomic mass is 16.5. The van der Waals surface area contributed by atoms with Gasteiger partial charge in [-0.1, -0.05) is 13.8 Å². The van der Waals surface area contributed by atoms with Crippen LogP contribution < -0.4 is 0 Å². The summed E-state index contributed by atoms with van der Waals surface area (Å²) in [6, 6.07) is 4.12. The molecule has 0 spiro atoms. The monoisotopic (exact) mass is 426 g/mol. The van der Waals surface area contributed by atoms with Crippen molar-refractivity contribution in [3.63, 3.8) is 0 Å². The summed E-state index contributed by atoms with van der Waals surface area (Å²) < 4.78 is 12.9. The van der Waals surface area contributed by atoms with Gasteiger partial charge >= 0.3 is 0 Å². The number of rotatable bonds is 9. The van der Waals surface area contributed by atoms with E-state index in [0.29, 0.717) is 24.4 Å². The molecule has 0 atom stereocenters. The molecule has 3 aromatic heterocycles. The van der Waals surface area contributed by atoms with E-state index in [1.54, 1.807) is 13.3 Å². The summed E-state index contributed by atoms with van der Waals surface area (Å²) in [4.78, 5) is 20.7. The molecule has 3 rings (SSSR count). The van der Waals surface area contributed by atoms with Crippen LogP contribution >= 0.6 is 0 Å². The zero-order chi connectivity index (χ0) is 22.7. The SMILES string of the molecule is CCC(CC)N(CCOC)C(=O)c1cc(-c2cc(C)oc2C)nc2c1cnn2C(C)C. The van der Waals surface area contributed by atoms with Crippen LogP contribution in [0.3, 0.4) is 0 Å². The normalized spacial score (nSPS) is 11.8. The van der Waals surface area contributed by atoms with E-state index in [0.717, 1.165) is 41.0 Å². The Morgan fingerprint density at radius 1 is 1.23 bits per heavy atom. The van der Waals surface area contributed by atoms with E-state index in [2.05, 4.69) is 32.8 Å². The first-order valence-electron chi connectivity index (χ1n) is 11.1. The molecule has 31 heavy (non-hydrogen) atoms. The van der Waals surface area contributed by atoms with Gasteiger partial charge < -0.3 is 14.1 Å². The van der Waals surface area contributed by atoms with Crippen molar-refractivity contribution >= 4 is 16.9 Å². The smallest absolute Gasteiger partial charge is 0.255 e. The summed E-state index contributed by atoms with van der Waals surface area (Å²) in [6.07, 6.45) is 3.53. The van der Waals surface area contributed by atoms with Gasteiger partial charge in [0.05, 0.1) is 29.4 Å². The highest BCUT2D eigenvalue weighted by molar-refractivity contribution is 6.06. The average molecular weight is 427 g/mol. The number of carbonyl (C=O) groups excluding carboxylic acids is 1. The molecular weight excluding hydrogens is 392 g/mol. The van der Waals surface area contributed by atoms with Gasteiger partial charge in [0.15, 0.2) is 5.65 Å². The molecule has 0 unspecified atom stereocenters. The quantitative estimate of drug-likeness (QED) is 0.472. The Morgan fingerprint density at radius 3 is 2.48 bits per heavy atom. The highest BCUT2D eigenvalue weighted by Gasteiger charge is 2.27. The van der Waals surface area contributed by atoms with Crippen LogP contribution in [0.15, 0.2) is 22.7 Å². The predicted molar refractivity (Wildman–Crippen MR) is 122 cm³/mol. The number of furan rings is 1. The van der Waals surface area contributed by atoms with E-state index in [4.69, 9.17) is 14.1 Å². The summed E-state index contributed by atoms with van der Waals surface area (Å²) in [5, 5.41) is 5.31. The number of methoxy groups -OCH3 is 1. The number of hydrogen-bond acceptors (Lipinski definition) is 5. The topological polar surface area (TPSA) is 73.4 Å². The lowest BCUT2D eigenvalue weighted by Crippen LogP contribution is -2.42. The number of ether oxygens (including phenoxy) is 1. The molecule has 0 N–H and O–H groups in total. The van der Waals surface area contributed by atoms with Gasteiger partial charge in [0, 0.05) is 31.3 Å². The van der Waals surface area contributed by atoms with Crippen LogP contribution in [0.2, 0.25) is 0 Å². The molecule has 0 aliphatic rings. The zero-order valence-electron chi connectivity index (χ0n) is 19.7. The molecule has 0 radical (unpaired) electrons. The van der Waals surface area contributed by atoms with E-state index in [1.807, 2.05) is 35.6 Å². The Bertz CT molecular complexity index is 1050. The molecule has 0 saturated heterocycles. The van der Waals surface area contributed by atoms with Crippen molar-refractivity contribution in [2.24, 2.45) is 0 Å². The van der Waals surface area contributed by atoms with Crippen LogP contribution in [-0.2, 0) is 4.74 Å². The van der Waals surface area contributed by atoms with Gasteiger partial charge in [0.25, 0.3) is 5.91 Å². The molecule has 1 amide bonds. The molecule has 3 aromatic rings. The molecule has 3 heterocycles. The third-order valence-corrected chi connectivity index (χ3v) is 5.78. The fourth-order valence-electron chi connectivity index (χ4n) is 4.12. The minimum Gasteiger partial charge on any atom is -0.466 e. The third-order valence-electron chi connectivity index (χ3n) is 5.78. The van der Waals surface area contributed by atoms with Crippen LogP contribution in [0.4, 0.5) is 0 Å². The van der Waals surface area contributed by atoms with Crippen molar-refractivity contribution in [3.8, 4) is 11.3 Å². The van der Waals surface area contributed by atoms with Crippen molar-refractivity contribution in [3.05, 3.63) is 35.4 Å². The Hall–Kier alpha value is -2.67. The third kappa shape index (κ3) is 4.51. The molecule has 168 valence electrons. The summed E-state index contributed by atoms with van der Waals surface area (Å²) in [6.45, 7) is 13.2. The fraction of sp³-hybridized carbons (Fsp3) is 0.542. The second kappa shape index (κ2) is 9.64. The Labute approximate surface area is 184 Å². The highest BCUT2D eigenvalue weighted by Crippen LogP contribution is 2.31. The van der Waals surface area contributed by atoms with E-state index in [1.165, 1.54) is 0 Å². The van der Waals surface area contributed by atoms with E-state index in [9.17, 15) is 4.79 Å². The molecule has 7 nitrogen and oxygen atoms in total. The van der Waals surface area contributed by atoms with Crippen molar-refractivity contribution in [1.82, 2.24) is 19.7 Å².